The lowest BCUT2D eigenvalue weighted by Gasteiger charge is -2.26. The van der Waals surface area contributed by atoms with Crippen LogP contribution >= 0.6 is 23.2 Å². The van der Waals surface area contributed by atoms with Gasteiger partial charge in [0, 0.05) is 6.54 Å². The summed E-state index contributed by atoms with van der Waals surface area (Å²) in [6.07, 6.45) is 3.87. The predicted molar refractivity (Wildman–Crippen MR) is 74.5 cm³/mol. The van der Waals surface area contributed by atoms with Crippen LogP contribution in [0.5, 0.6) is 5.88 Å². The van der Waals surface area contributed by atoms with Crippen LogP contribution in [0.25, 0.3) is 0 Å². The van der Waals surface area contributed by atoms with Crippen molar-refractivity contribution in [1.82, 2.24) is 9.88 Å². The molecular weight excluding hydrogens is 273 g/mol. The van der Waals surface area contributed by atoms with Crippen LogP contribution < -0.4 is 10.5 Å². The van der Waals surface area contributed by atoms with Crippen molar-refractivity contribution in [3.05, 3.63) is 16.1 Å². The molecule has 1 aromatic rings. The molecule has 100 valence electrons. The molecule has 0 amide bonds. The summed E-state index contributed by atoms with van der Waals surface area (Å²) in [5.41, 5.74) is 5.61. The summed E-state index contributed by atoms with van der Waals surface area (Å²) in [6, 6.07) is 1.56. The Balaban J connectivity index is 1.84. The van der Waals surface area contributed by atoms with Gasteiger partial charge in [-0.05, 0) is 32.0 Å². The highest BCUT2D eigenvalue weighted by atomic mass is 35.5. The first-order valence-electron chi connectivity index (χ1n) is 6.13. The summed E-state index contributed by atoms with van der Waals surface area (Å²) in [5.74, 6) is 0.601. The van der Waals surface area contributed by atoms with Crippen molar-refractivity contribution < 1.29 is 4.74 Å². The van der Waals surface area contributed by atoms with Crippen LogP contribution in [-0.2, 0) is 0 Å². The molecule has 0 saturated carbocycles. The Bertz CT molecular complexity index is 409. The number of ether oxygens (including phenoxy) is 1. The third-order valence-corrected chi connectivity index (χ3v) is 3.59. The van der Waals surface area contributed by atoms with Gasteiger partial charge < -0.3 is 10.5 Å². The lowest BCUT2D eigenvalue weighted by molar-refractivity contribution is 0.180. The molecule has 0 aromatic carbocycles. The van der Waals surface area contributed by atoms with Crippen molar-refractivity contribution in [1.29, 1.82) is 0 Å². The SMILES string of the molecule is Nc1nc(OCCN2CCCCC2)c(Cl)cc1Cl. The number of halogens is 2. The maximum absolute atomic E-state index is 5.98. The summed E-state index contributed by atoms with van der Waals surface area (Å²) >= 11 is 11.8. The van der Waals surface area contributed by atoms with Crippen LogP contribution in [0.2, 0.25) is 10.0 Å². The highest BCUT2D eigenvalue weighted by Crippen LogP contribution is 2.28. The number of aromatic nitrogens is 1. The number of hydrogen-bond donors (Lipinski definition) is 1. The van der Waals surface area contributed by atoms with E-state index in [1.165, 1.54) is 19.3 Å². The molecule has 4 nitrogen and oxygen atoms in total. The van der Waals surface area contributed by atoms with Crippen LogP contribution in [0, 0.1) is 0 Å². The number of anilines is 1. The van der Waals surface area contributed by atoms with E-state index < -0.39 is 0 Å². The summed E-state index contributed by atoms with van der Waals surface area (Å²) in [5, 5.41) is 0.747. The van der Waals surface area contributed by atoms with E-state index in [1.807, 2.05) is 0 Å². The zero-order valence-corrected chi connectivity index (χ0v) is 11.7. The fourth-order valence-electron chi connectivity index (χ4n) is 2.02. The predicted octanol–water partition coefficient (Wildman–Crippen LogP) is 2.84. The second kappa shape index (κ2) is 6.45. The lowest BCUT2D eigenvalue weighted by Crippen LogP contribution is -2.33. The molecule has 1 saturated heterocycles. The van der Waals surface area contributed by atoms with Crippen LogP contribution in [0.3, 0.4) is 0 Å². The molecule has 2 rings (SSSR count). The van der Waals surface area contributed by atoms with E-state index >= 15 is 0 Å². The van der Waals surface area contributed by atoms with E-state index in [1.54, 1.807) is 6.07 Å². The van der Waals surface area contributed by atoms with Gasteiger partial charge in [-0.15, -0.1) is 0 Å². The Morgan fingerprint density at radius 3 is 2.67 bits per heavy atom. The van der Waals surface area contributed by atoms with Gasteiger partial charge in [0.2, 0.25) is 5.88 Å². The minimum absolute atomic E-state index is 0.244. The van der Waals surface area contributed by atoms with E-state index in [-0.39, 0.29) is 5.82 Å². The topological polar surface area (TPSA) is 51.4 Å². The quantitative estimate of drug-likeness (QED) is 0.926. The molecule has 1 aliphatic rings. The molecule has 0 atom stereocenters. The molecule has 2 heterocycles. The molecule has 0 bridgehead atoms. The number of piperidine rings is 1. The number of hydrogen-bond acceptors (Lipinski definition) is 4. The van der Waals surface area contributed by atoms with E-state index in [9.17, 15) is 0 Å². The van der Waals surface area contributed by atoms with Crippen molar-refractivity contribution in [3.63, 3.8) is 0 Å². The minimum atomic E-state index is 0.244. The van der Waals surface area contributed by atoms with Gasteiger partial charge in [0.15, 0.2) is 0 Å². The second-order valence-electron chi connectivity index (χ2n) is 4.39. The summed E-state index contributed by atoms with van der Waals surface area (Å²) in [4.78, 5) is 6.41. The molecular formula is C12H17Cl2N3O. The fraction of sp³-hybridized carbons (Fsp3) is 0.583. The van der Waals surface area contributed by atoms with E-state index in [4.69, 9.17) is 33.7 Å². The zero-order chi connectivity index (χ0) is 13.0. The normalized spacial score (nSPS) is 16.8. The summed E-state index contributed by atoms with van der Waals surface area (Å²) < 4.78 is 5.55. The summed E-state index contributed by atoms with van der Waals surface area (Å²) in [7, 11) is 0. The molecule has 1 aliphatic heterocycles. The van der Waals surface area contributed by atoms with Gasteiger partial charge in [0.05, 0.1) is 5.02 Å². The number of nitrogen functional groups attached to an aromatic ring is 1. The first-order valence-corrected chi connectivity index (χ1v) is 6.89. The maximum atomic E-state index is 5.98. The summed E-state index contributed by atoms with van der Waals surface area (Å²) in [6.45, 7) is 3.74. The molecule has 1 aromatic heterocycles. The average Bonchev–Trinajstić information content (AvgIpc) is 2.37. The standard InChI is InChI=1S/C12H17Cl2N3O/c13-9-8-10(14)12(16-11(9)15)18-7-6-17-4-2-1-3-5-17/h8H,1-7H2,(H2,15,16). The third-order valence-electron chi connectivity index (χ3n) is 3.02. The van der Waals surface area contributed by atoms with Gasteiger partial charge in [0.1, 0.15) is 17.4 Å². The van der Waals surface area contributed by atoms with Crippen LogP contribution in [0.4, 0.5) is 5.82 Å². The van der Waals surface area contributed by atoms with E-state index in [2.05, 4.69) is 9.88 Å². The van der Waals surface area contributed by atoms with Gasteiger partial charge in [-0.2, -0.15) is 4.98 Å². The monoisotopic (exact) mass is 289 g/mol. The Kier molecular flexibility index (Phi) is 4.92. The van der Waals surface area contributed by atoms with Crippen molar-refractivity contribution >= 4 is 29.0 Å². The lowest BCUT2D eigenvalue weighted by atomic mass is 10.1. The number of rotatable bonds is 4. The molecule has 6 heteroatoms. The number of nitrogens with zero attached hydrogens (tertiary/aromatic N) is 2. The Morgan fingerprint density at radius 2 is 1.94 bits per heavy atom. The van der Waals surface area contributed by atoms with Gasteiger partial charge in [0.25, 0.3) is 0 Å². The van der Waals surface area contributed by atoms with Crippen LogP contribution in [0.15, 0.2) is 6.07 Å². The van der Waals surface area contributed by atoms with Crippen molar-refractivity contribution in [2.24, 2.45) is 0 Å². The average molecular weight is 290 g/mol. The van der Waals surface area contributed by atoms with Crippen molar-refractivity contribution in [2.75, 3.05) is 32.0 Å². The van der Waals surface area contributed by atoms with Crippen LogP contribution in [-0.4, -0.2) is 36.1 Å². The second-order valence-corrected chi connectivity index (χ2v) is 5.21. The maximum Gasteiger partial charge on any atom is 0.234 e. The van der Waals surface area contributed by atoms with Gasteiger partial charge in [-0.3, -0.25) is 4.90 Å². The first kappa shape index (κ1) is 13.7. The van der Waals surface area contributed by atoms with Crippen LogP contribution in [0.1, 0.15) is 19.3 Å². The number of pyridine rings is 1. The Morgan fingerprint density at radius 1 is 1.22 bits per heavy atom. The molecule has 0 aliphatic carbocycles. The number of likely N-dealkylation sites (tertiary alicyclic amines) is 1. The minimum Gasteiger partial charge on any atom is -0.475 e. The van der Waals surface area contributed by atoms with Gasteiger partial charge >= 0.3 is 0 Å². The number of nitrogens with two attached hydrogens (primary N) is 1. The molecule has 2 N–H and O–H groups in total. The molecule has 1 fully saturated rings. The highest BCUT2D eigenvalue weighted by Gasteiger charge is 2.11. The van der Waals surface area contributed by atoms with E-state index in [0.29, 0.717) is 22.5 Å². The third kappa shape index (κ3) is 3.64. The van der Waals surface area contributed by atoms with Gasteiger partial charge in [-0.25, -0.2) is 0 Å². The first-order chi connectivity index (χ1) is 8.66. The zero-order valence-electron chi connectivity index (χ0n) is 10.2. The largest absolute Gasteiger partial charge is 0.475 e. The molecule has 0 spiro atoms. The van der Waals surface area contributed by atoms with E-state index in [0.717, 1.165) is 19.6 Å². The fourth-order valence-corrected chi connectivity index (χ4v) is 2.43. The molecule has 18 heavy (non-hydrogen) atoms. The molecule has 0 radical (unpaired) electrons. The van der Waals surface area contributed by atoms with Crippen molar-refractivity contribution in [3.8, 4) is 5.88 Å². The Labute approximate surface area is 117 Å². The highest BCUT2D eigenvalue weighted by molar-refractivity contribution is 6.36. The Hall–Kier alpha value is -0.710. The smallest absolute Gasteiger partial charge is 0.234 e. The van der Waals surface area contributed by atoms with Crippen molar-refractivity contribution in [2.45, 2.75) is 19.3 Å². The molecule has 0 unspecified atom stereocenters. The van der Waals surface area contributed by atoms with Gasteiger partial charge in [-0.1, -0.05) is 29.6 Å².